The number of carbonyl (C=O) groups is 1. The average Bonchev–Trinajstić information content (AvgIpc) is 3.23. The van der Waals surface area contributed by atoms with Crippen molar-refractivity contribution in [1.82, 2.24) is 20.0 Å². The van der Waals surface area contributed by atoms with Crippen LogP contribution in [0.25, 0.3) is 22.4 Å². The molecule has 2 aromatic heterocycles. The van der Waals surface area contributed by atoms with Crippen LogP contribution in [0.5, 0.6) is 5.75 Å². The van der Waals surface area contributed by atoms with Crippen LogP contribution >= 0.6 is 0 Å². The third-order valence-corrected chi connectivity index (χ3v) is 4.70. The Morgan fingerprint density at radius 3 is 2.80 bits per heavy atom. The number of aryl methyl sites for hydroxylation is 1. The zero-order chi connectivity index (χ0) is 20.9. The summed E-state index contributed by atoms with van der Waals surface area (Å²) < 4.78 is 11.8. The van der Waals surface area contributed by atoms with Crippen LogP contribution in [0.3, 0.4) is 0 Å². The number of hydrogen-bond acceptors (Lipinski definition) is 6. The van der Waals surface area contributed by atoms with E-state index in [0.29, 0.717) is 17.8 Å². The van der Waals surface area contributed by atoms with Crippen molar-refractivity contribution < 1.29 is 14.1 Å². The lowest BCUT2D eigenvalue weighted by atomic mass is 10.1. The van der Waals surface area contributed by atoms with Crippen molar-refractivity contribution >= 4 is 17.0 Å². The number of rotatable bonds is 7. The van der Waals surface area contributed by atoms with Crippen LogP contribution in [-0.4, -0.2) is 27.7 Å². The molecule has 0 saturated carbocycles. The highest BCUT2D eigenvalue weighted by Gasteiger charge is 2.16. The largest absolute Gasteiger partial charge is 0.497 e. The van der Waals surface area contributed by atoms with Crippen molar-refractivity contribution in [3.05, 3.63) is 76.8 Å². The lowest BCUT2D eigenvalue weighted by Gasteiger charge is -2.08. The summed E-state index contributed by atoms with van der Waals surface area (Å²) in [7, 11) is 1.59. The summed E-state index contributed by atoms with van der Waals surface area (Å²) in [6, 6.07) is 16.9. The third-order valence-electron chi connectivity index (χ3n) is 4.70. The molecule has 0 unspecified atom stereocenters. The van der Waals surface area contributed by atoms with Gasteiger partial charge in [0.2, 0.25) is 5.91 Å². The van der Waals surface area contributed by atoms with Crippen LogP contribution < -0.4 is 15.6 Å². The van der Waals surface area contributed by atoms with E-state index in [2.05, 4.69) is 15.5 Å². The van der Waals surface area contributed by atoms with Crippen LogP contribution in [0.15, 0.2) is 70.2 Å². The first-order chi connectivity index (χ1) is 14.7. The highest BCUT2D eigenvalue weighted by Crippen LogP contribution is 2.23. The van der Waals surface area contributed by atoms with E-state index < -0.39 is 0 Å². The normalized spacial score (nSPS) is 10.8. The van der Waals surface area contributed by atoms with E-state index >= 15 is 0 Å². The van der Waals surface area contributed by atoms with E-state index in [1.807, 2.05) is 54.6 Å². The van der Waals surface area contributed by atoms with E-state index in [-0.39, 0.29) is 30.0 Å². The van der Waals surface area contributed by atoms with Gasteiger partial charge in [0.05, 0.1) is 13.4 Å². The Balaban J connectivity index is 1.42. The summed E-state index contributed by atoms with van der Waals surface area (Å²) in [5.74, 6) is 0.557. The molecule has 0 aliphatic rings. The zero-order valence-corrected chi connectivity index (χ0v) is 16.4. The number of nitrogens with one attached hydrogen (secondary N) is 1. The molecule has 1 amide bonds. The van der Waals surface area contributed by atoms with Gasteiger partial charge in [0, 0.05) is 25.1 Å². The third kappa shape index (κ3) is 4.07. The van der Waals surface area contributed by atoms with Crippen molar-refractivity contribution in [1.29, 1.82) is 0 Å². The number of carbonyl (C=O) groups excluding carboxylic acids is 1. The van der Waals surface area contributed by atoms with Gasteiger partial charge in [0.15, 0.2) is 0 Å². The van der Waals surface area contributed by atoms with Crippen LogP contribution in [0.4, 0.5) is 0 Å². The van der Waals surface area contributed by atoms with Gasteiger partial charge in [-0.3, -0.25) is 14.2 Å². The van der Waals surface area contributed by atoms with Gasteiger partial charge in [0.25, 0.3) is 11.1 Å². The molecule has 0 bridgehead atoms. The molecule has 0 radical (unpaired) electrons. The number of nitrogens with zero attached hydrogens (tertiary/aromatic N) is 3. The molecule has 4 aromatic rings. The predicted molar refractivity (Wildman–Crippen MR) is 111 cm³/mol. The highest BCUT2D eigenvalue weighted by molar-refractivity contribution is 5.87. The molecular weight excluding hydrogens is 384 g/mol. The maximum atomic E-state index is 12.7. The van der Waals surface area contributed by atoms with Crippen molar-refractivity contribution in [2.75, 3.05) is 7.11 Å². The van der Waals surface area contributed by atoms with Crippen molar-refractivity contribution in [2.24, 2.45) is 0 Å². The molecule has 0 saturated heterocycles. The Kier molecular flexibility index (Phi) is 5.56. The van der Waals surface area contributed by atoms with Gasteiger partial charge in [-0.25, -0.2) is 4.98 Å². The van der Waals surface area contributed by atoms with E-state index in [1.54, 1.807) is 7.11 Å². The Hall–Kier alpha value is -3.94. The second-order valence-corrected chi connectivity index (χ2v) is 6.70. The molecule has 2 aromatic carbocycles. The molecule has 0 atom stereocenters. The first kappa shape index (κ1) is 19.4. The highest BCUT2D eigenvalue weighted by atomic mass is 16.5. The summed E-state index contributed by atoms with van der Waals surface area (Å²) in [6.45, 7) is 0.567. The van der Waals surface area contributed by atoms with Crippen LogP contribution in [-0.2, 0) is 17.9 Å². The first-order valence-electron chi connectivity index (χ1n) is 9.45. The molecular formula is C22H20N4O4. The maximum absolute atomic E-state index is 12.7. The van der Waals surface area contributed by atoms with Crippen molar-refractivity contribution in [2.45, 2.75) is 19.5 Å². The Bertz CT molecular complexity index is 1230. The lowest BCUT2D eigenvalue weighted by molar-refractivity contribution is -0.121. The van der Waals surface area contributed by atoms with Gasteiger partial charge in [-0.2, -0.15) is 0 Å². The topological polar surface area (TPSA) is 99.2 Å². The summed E-state index contributed by atoms with van der Waals surface area (Å²) in [5.41, 5.74) is 2.38. The van der Waals surface area contributed by atoms with Gasteiger partial charge in [-0.05, 0) is 17.7 Å². The van der Waals surface area contributed by atoms with Crippen LogP contribution in [0, 0.1) is 0 Å². The number of aromatic nitrogens is 3. The summed E-state index contributed by atoms with van der Waals surface area (Å²) in [4.78, 5) is 29.2. The van der Waals surface area contributed by atoms with Gasteiger partial charge in [-0.15, -0.1) is 0 Å². The van der Waals surface area contributed by atoms with Gasteiger partial charge < -0.3 is 14.6 Å². The lowest BCUT2D eigenvalue weighted by Crippen LogP contribution is -2.27. The van der Waals surface area contributed by atoms with Crippen molar-refractivity contribution in [3.8, 4) is 17.0 Å². The maximum Gasteiger partial charge on any atom is 0.299 e. The van der Waals surface area contributed by atoms with Gasteiger partial charge in [-0.1, -0.05) is 47.6 Å². The minimum absolute atomic E-state index is 0.0770. The Morgan fingerprint density at radius 1 is 1.17 bits per heavy atom. The van der Waals surface area contributed by atoms with Crippen molar-refractivity contribution in [3.63, 3.8) is 0 Å². The number of benzene rings is 2. The second kappa shape index (κ2) is 8.60. The van der Waals surface area contributed by atoms with Gasteiger partial charge >= 0.3 is 0 Å². The smallest absolute Gasteiger partial charge is 0.299 e. The summed E-state index contributed by atoms with van der Waals surface area (Å²) in [6.07, 6.45) is 1.56. The molecule has 30 heavy (non-hydrogen) atoms. The van der Waals surface area contributed by atoms with Crippen LogP contribution in [0.2, 0.25) is 0 Å². The van der Waals surface area contributed by atoms with E-state index in [0.717, 1.165) is 16.9 Å². The molecule has 4 rings (SSSR count). The quantitative estimate of drug-likeness (QED) is 0.509. The average molecular weight is 404 g/mol. The van der Waals surface area contributed by atoms with Crippen LogP contribution in [0.1, 0.15) is 12.0 Å². The monoisotopic (exact) mass is 404 g/mol. The zero-order valence-electron chi connectivity index (χ0n) is 16.4. The molecule has 8 heteroatoms. The Morgan fingerprint density at radius 2 is 2.00 bits per heavy atom. The molecule has 1 N–H and O–H groups in total. The molecule has 0 aliphatic heterocycles. The van der Waals surface area contributed by atoms with Gasteiger partial charge in [0.1, 0.15) is 17.0 Å². The molecule has 8 nitrogen and oxygen atoms in total. The van der Waals surface area contributed by atoms with E-state index in [1.165, 1.54) is 10.9 Å². The SMILES string of the molecule is COc1cccc(CNC(=O)CCn2cnc3c(-c4ccccc4)noc3c2=O)c1. The molecule has 0 fully saturated rings. The fourth-order valence-corrected chi connectivity index (χ4v) is 3.09. The van der Waals surface area contributed by atoms with E-state index in [4.69, 9.17) is 9.26 Å². The number of fused-ring (bicyclic) bond motifs is 1. The standard InChI is InChI=1S/C22H20N4O4/c1-29-17-9-5-6-15(12-17)13-23-18(27)10-11-26-14-24-20-19(16-7-3-2-4-8-16)25-30-21(20)22(26)28/h2-9,12,14H,10-11,13H2,1H3,(H,23,27). The fourth-order valence-electron chi connectivity index (χ4n) is 3.09. The Labute approximate surface area is 172 Å². The molecule has 152 valence electrons. The number of methoxy groups -OCH3 is 1. The second-order valence-electron chi connectivity index (χ2n) is 6.70. The number of amides is 1. The number of ether oxygens (including phenoxy) is 1. The summed E-state index contributed by atoms with van der Waals surface area (Å²) in [5, 5.41) is 6.84. The minimum atomic E-state index is -0.365. The number of hydrogen-bond donors (Lipinski definition) is 1. The molecule has 2 heterocycles. The first-order valence-corrected chi connectivity index (χ1v) is 9.45. The summed E-state index contributed by atoms with van der Waals surface area (Å²) >= 11 is 0. The predicted octanol–water partition coefficient (Wildman–Crippen LogP) is 2.77. The molecule has 0 aliphatic carbocycles. The fraction of sp³-hybridized carbons (Fsp3) is 0.182. The molecule has 0 spiro atoms. The minimum Gasteiger partial charge on any atom is -0.497 e. The van der Waals surface area contributed by atoms with E-state index in [9.17, 15) is 9.59 Å².